The molecule has 0 aromatic carbocycles. The summed E-state index contributed by atoms with van der Waals surface area (Å²) in [6.07, 6.45) is -6.06. The molecule has 4 atom stereocenters. The first-order valence-corrected chi connectivity index (χ1v) is 4.59. The number of esters is 1. The molecule has 7 heteroatoms. The fourth-order valence-corrected chi connectivity index (χ4v) is 1.06. The lowest BCUT2D eigenvalue weighted by atomic mass is 10.0. The van der Waals surface area contributed by atoms with Gasteiger partial charge in [-0.1, -0.05) is 0 Å². The van der Waals surface area contributed by atoms with E-state index in [2.05, 4.69) is 9.47 Å². The van der Waals surface area contributed by atoms with Crippen LogP contribution < -0.4 is 0 Å². The first kappa shape index (κ1) is 15.0. The van der Waals surface area contributed by atoms with E-state index in [9.17, 15) is 24.9 Å². The molecule has 0 radical (unpaired) electrons. The molecule has 0 fully saturated rings. The van der Waals surface area contributed by atoms with Crippen LogP contribution in [0.1, 0.15) is 6.92 Å². The number of ether oxygens (including phenoxy) is 2. The van der Waals surface area contributed by atoms with Crippen LogP contribution in [0.15, 0.2) is 0 Å². The Labute approximate surface area is 92.6 Å². The Morgan fingerprint density at radius 1 is 1.31 bits per heavy atom. The molecule has 0 aliphatic carbocycles. The van der Waals surface area contributed by atoms with Gasteiger partial charge in [0.25, 0.3) is 0 Å². The second-order valence-electron chi connectivity index (χ2n) is 3.21. The molecule has 0 saturated heterocycles. The third kappa shape index (κ3) is 4.67. The maximum atomic E-state index is 10.6. The SMILES string of the molecule is COC[C@@H](O)[C@@H](O)[C@H](O)[C@H](C=O)OC(C)=O. The summed E-state index contributed by atoms with van der Waals surface area (Å²) in [5.41, 5.74) is 0. The maximum Gasteiger partial charge on any atom is 0.303 e. The van der Waals surface area contributed by atoms with Crippen molar-refractivity contribution in [2.75, 3.05) is 13.7 Å². The van der Waals surface area contributed by atoms with E-state index in [1.54, 1.807) is 0 Å². The summed E-state index contributed by atoms with van der Waals surface area (Å²) in [4.78, 5) is 21.1. The van der Waals surface area contributed by atoms with Crippen LogP contribution in [-0.4, -0.2) is 65.7 Å². The average molecular weight is 236 g/mol. The normalized spacial score (nSPS) is 18.3. The van der Waals surface area contributed by atoms with Crippen molar-refractivity contribution in [3.63, 3.8) is 0 Å². The highest BCUT2D eigenvalue weighted by Gasteiger charge is 2.33. The Kier molecular flexibility index (Phi) is 6.82. The quantitative estimate of drug-likeness (QED) is 0.341. The number of carbonyl (C=O) groups excluding carboxylic acids is 2. The van der Waals surface area contributed by atoms with Crippen LogP contribution in [0.25, 0.3) is 0 Å². The lowest BCUT2D eigenvalue weighted by Crippen LogP contribution is -2.48. The lowest BCUT2D eigenvalue weighted by Gasteiger charge is -2.25. The van der Waals surface area contributed by atoms with Crippen molar-refractivity contribution in [1.82, 2.24) is 0 Å². The van der Waals surface area contributed by atoms with Crippen molar-refractivity contribution in [2.24, 2.45) is 0 Å². The minimum Gasteiger partial charge on any atom is -0.452 e. The molecule has 0 aromatic rings. The first-order chi connectivity index (χ1) is 7.43. The van der Waals surface area contributed by atoms with Crippen LogP contribution in [0.2, 0.25) is 0 Å². The van der Waals surface area contributed by atoms with Gasteiger partial charge in [-0.25, -0.2) is 0 Å². The zero-order valence-corrected chi connectivity index (χ0v) is 9.07. The van der Waals surface area contributed by atoms with E-state index in [-0.39, 0.29) is 12.9 Å². The first-order valence-electron chi connectivity index (χ1n) is 4.59. The minimum absolute atomic E-state index is 0.175. The highest BCUT2D eigenvalue weighted by atomic mass is 16.6. The van der Waals surface area contributed by atoms with E-state index < -0.39 is 30.4 Å². The molecule has 0 aromatic heterocycles. The molecule has 3 N–H and O–H groups in total. The van der Waals surface area contributed by atoms with Gasteiger partial charge in [0.05, 0.1) is 6.61 Å². The van der Waals surface area contributed by atoms with Crippen LogP contribution in [0.3, 0.4) is 0 Å². The summed E-state index contributed by atoms with van der Waals surface area (Å²) >= 11 is 0. The van der Waals surface area contributed by atoms with Gasteiger partial charge in [-0.3, -0.25) is 9.59 Å². The average Bonchev–Trinajstić information content (AvgIpc) is 2.23. The van der Waals surface area contributed by atoms with E-state index >= 15 is 0 Å². The largest absolute Gasteiger partial charge is 0.452 e. The third-order valence-electron chi connectivity index (χ3n) is 1.85. The van der Waals surface area contributed by atoms with E-state index in [1.165, 1.54) is 7.11 Å². The fourth-order valence-electron chi connectivity index (χ4n) is 1.06. The molecule has 7 nitrogen and oxygen atoms in total. The van der Waals surface area contributed by atoms with Crippen molar-refractivity contribution in [2.45, 2.75) is 31.3 Å². The second kappa shape index (κ2) is 7.29. The number of aldehydes is 1. The molecule has 0 heterocycles. The van der Waals surface area contributed by atoms with Crippen LogP contribution >= 0.6 is 0 Å². The number of aliphatic hydroxyl groups excluding tert-OH is 3. The fraction of sp³-hybridized carbons (Fsp3) is 0.778. The minimum atomic E-state index is -1.70. The van der Waals surface area contributed by atoms with E-state index in [1.807, 2.05) is 0 Å². The summed E-state index contributed by atoms with van der Waals surface area (Å²) < 4.78 is 8.99. The molecule has 0 unspecified atom stereocenters. The van der Waals surface area contributed by atoms with E-state index in [0.29, 0.717) is 0 Å². The van der Waals surface area contributed by atoms with Gasteiger partial charge in [0.15, 0.2) is 12.4 Å². The van der Waals surface area contributed by atoms with Crippen LogP contribution in [0.4, 0.5) is 0 Å². The van der Waals surface area contributed by atoms with Gasteiger partial charge >= 0.3 is 5.97 Å². The van der Waals surface area contributed by atoms with Crippen LogP contribution in [-0.2, 0) is 19.1 Å². The Hall–Kier alpha value is -1.02. The van der Waals surface area contributed by atoms with Gasteiger partial charge in [0, 0.05) is 14.0 Å². The number of aliphatic hydroxyl groups is 3. The Balaban J connectivity index is 4.42. The standard InChI is InChI=1S/C9H16O7/c1-5(11)16-7(3-10)9(14)8(13)6(12)4-15-2/h3,6-9,12-14H,4H2,1-2H3/t6-,7+,8-,9-/m1/s1. The molecule has 0 rings (SSSR count). The monoisotopic (exact) mass is 236 g/mol. The van der Waals surface area contributed by atoms with Gasteiger partial charge < -0.3 is 24.8 Å². The number of rotatable bonds is 7. The second-order valence-corrected chi connectivity index (χ2v) is 3.21. The van der Waals surface area contributed by atoms with Crippen molar-refractivity contribution in [1.29, 1.82) is 0 Å². The number of hydrogen-bond donors (Lipinski definition) is 3. The van der Waals surface area contributed by atoms with Gasteiger partial charge in [0.2, 0.25) is 0 Å². The Morgan fingerprint density at radius 2 is 1.88 bits per heavy atom. The highest BCUT2D eigenvalue weighted by molar-refractivity contribution is 5.70. The Morgan fingerprint density at radius 3 is 2.25 bits per heavy atom. The number of hydrogen-bond acceptors (Lipinski definition) is 7. The third-order valence-corrected chi connectivity index (χ3v) is 1.85. The summed E-state index contributed by atoms with van der Waals surface area (Å²) in [5.74, 6) is -0.774. The summed E-state index contributed by atoms with van der Waals surface area (Å²) in [7, 11) is 1.30. The molecule has 0 saturated carbocycles. The van der Waals surface area contributed by atoms with Gasteiger partial charge in [-0.15, -0.1) is 0 Å². The van der Waals surface area contributed by atoms with Crippen molar-refractivity contribution in [3.8, 4) is 0 Å². The van der Waals surface area contributed by atoms with E-state index in [4.69, 9.17) is 0 Å². The zero-order valence-electron chi connectivity index (χ0n) is 9.07. The molecule has 16 heavy (non-hydrogen) atoms. The van der Waals surface area contributed by atoms with Gasteiger partial charge in [-0.2, -0.15) is 0 Å². The zero-order chi connectivity index (χ0) is 12.7. The van der Waals surface area contributed by atoms with Crippen LogP contribution in [0, 0.1) is 0 Å². The number of methoxy groups -OCH3 is 1. The topological polar surface area (TPSA) is 113 Å². The molecule has 0 aliphatic rings. The lowest BCUT2D eigenvalue weighted by molar-refractivity contribution is -0.166. The summed E-state index contributed by atoms with van der Waals surface area (Å²) in [5, 5.41) is 28.1. The maximum absolute atomic E-state index is 10.6. The molecular formula is C9H16O7. The van der Waals surface area contributed by atoms with Crippen LogP contribution in [0.5, 0.6) is 0 Å². The molecule has 0 bridgehead atoms. The van der Waals surface area contributed by atoms with Crippen molar-refractivity contribution < 1.29 is 34.4 Å². The predicted octanol–water partition coefficient (Wildman–Crippen LogP) is -2.15. The Bertz CT molecular complexity index is 230. The summed E-state index contributed by atoms with van der Waals surface area (Å²) in [6.45, 7) is 0.838. The molecule has 94 valence electrons. The summed E-state index contributed by atoms with van der Waals surface area (Å²) in [6, 6.07) is 0. The molecule has 0 spiro atoms. The smallest absolute Gasteiger partial charge is 0.303 e. The van der Waals surface area contributed by atoms with Gasteiger partial charge in [0.1, 0.15) is 18.3 Å². The number of carbonyl (C=O) groups is 2. The molecule has 0 aliphatic heterocycles. The molecule has 0 amide bonds. The predicted molar refractivity (Wildman–Crippen MR) is 51.5 cm³/mol. The van der Waals surface area contributed by atoms with E-state index in [0.717, 1.165) is 6.92 Å². The highest BCUT2D eigenvalue weighted by Crippen LogP contribution is 2.07. The molecular weight excluding hydrogens is 220 g/mol. The van der Waals surface area contributed by atoms with Crippen molar-refractivity contribution in [3.05, 3.63) is 0 Å². The van der Waals surface area contributed by atoms with Gasteiger partial charge in [-0.05, 0) is 0 Å². The van der Waals surface area contributed by atoms with Crippen molar-refractivity contribution >= 4 is 12.3 Å².